The molecule has 3 rings (SSSR count). The summed E-state index contributed by atoms with van der Waals surface area (Å²) in [4.78, 5) is 24.0. The summed E-state index contributed by atoms with van der Waals surface area (Å²) >= 11 is 0. The van der Waals surface area contributed by atoms with Crippen LogP contribution in [-0.2, 0) is 6.54 Å². The van der Waals surface area contributed by atoms with Gasteiger partial charge in [-0.3, -0.25) is 9.69 Å². The minimum Gasteiger partial charge on any atom is -0.355 e. The van der Waals surface area contributed by atoms with Gasteiger partial charge in [-0.1, -0.05) is 13.3 Å². The second-order valence-electron chi connectivity index (χ2n) is 5.45. The van der Waals surface area contributed by atoms with Gasteiger partial charge in [0.05, 0.1) is 11.8 Å². The van der Waals surface area contributed by atoms with Crippen molar-refractivity contribution in [2.24, 2.45) is 5.92 Å². The van der Waals surface area contributed by atoms with Crippen molar-refractivity contribution in [1.82, 2.24) is 19.9 Å². The molecular formula is C14H20N4O. The molecule has 0 spiro atoms. The van der Waals surface area contributed by atoms with Crippen LogP contribution < -0.4 is 5.56 Å². The zero-order valence-electron chi connectivity index (χ0n) is 11.3. The fourth-order valence-electron chi connectivity index (χ4n) is 3.07. The lowest BCUT2D eigenvalue weighted by molar-refractivity contribution is 0.314. The second kappa shape index (κ2) is 5.17. The maximum Gasteiger partial charge on any atom is 0.275 e. The van der Waals surface area contributed by atoms with E-state index in [2.05, 4.69) is 26.8 Å². The lowest BCUT2D eigenvalue weighted by Gasteiger charge is -2.14. The van der Waals surface area contributed by atoms with Crippen LogP contribution in [0.5, 0.6) is 0 Å². The molecule has 2 N–H and O–H groups in total. The quantitative estimate of drug-likeness (QED) is 0.882. The number of nitrogens with one attached hydrogen (secondary N) is 2. The van der Waals surface area contributed by atoms with Crippen molar-refractivity contribution in [2.75, 3.05) is 13.1 Å². The van der Waals surface area contributed by atoms with Crippen molar-refractivity contribution in [3.63, 3.8) is 0 Å². The summed E-state index contributed by atoms with van der Waals surface area (Å²) in [6, 6.07) is 0. The third kappa shape index (κ3) is 2.42. The summed E-state index contributed by atoms with van der Waals surface area (Å²) in [6.45, 7) is 5.46. The van der Waals surface area contributed by atoms with Crippen molar-refractivity contribution in [2.45, 2.75) is 32.7 Å². The Kier molecular flexibility index (Phi) is 3.38. The molecule has 1 aliphatic heterocycles. The van der Waals surface area contributed by atoms with Crippen molar-refractivity contribution in [1.29, 1.82) is 0 Å². The Labute approximate surface area is 112 Å². The standard InChI is InChI=1S/C14H20N4O/c1-2-3-10-4-5-18(7-10)8-11-6-15-13-12(11)16-9-17-14(13)19/h6,9-10,15H,2-5,7-8H2,1H3,(H,16,17,19)/t10-/m1/s1. The number of hydrogen-bond donors (Lipinski definition) is 2. The van der Waals surface area contributed by atoms with Crippen molar-refractivity contribution in [3.8, 4) is 0 Å². The van der Waals surface area contributed by atoms with Crippen molar-refractivity contribution in [3.05, 3.63) is 28.4 Å². The normalized spacial score (nSPS) is 20.4. The Hall–Kier alpha value is -1.62. The molecule has 2 aromatic rings. The van der Waals surface area contributed by atoms with Crippen LogP contribution in [0, 0.1) is 5.92 Å². The third-order valence-electron chi connectivity index (χ3n) is 4.01. The largest absolute Gasteiger partial charge is 0.355 e. The molecule has 1 aliphatic rings. The maximum absolute atomic E-state index is 11.6. The molecule has 0 aromatic carbocycles. The van der Waals surface area contributed by atoms with Gasteiger partial charge in [0.15, 0.2) is 0 Å². The van der Waals surface area contributed by atoms with E-state index in [0.29, 0.717) is 5.52 Å². The summed E-state index contributed by atoms with van der Waals surface area (Å²) < 4.78 is 0. The van der Waals surface area contributed by atoms with E-state index < -0.39 is 0 Å². The maximum atomic E-state index is 11.6. The fraction of sp³-hybridized carbons (Fsp3) is 0.571. The molecule has 0 bridgehead atoms. The van der Waals surface area contributed by atoms with Crippen molar-refractivity contribution < 1.29 is 0 Å². The molecule has 0 unspecified atom stereocenters. The number of aromatic amines is 2. The topological polar surface area (TPSA) is 64.8 Å². The van der Waals surface area contributed by atoms with E-state index in [1.165, 1.54) is 32.1 Å². The van der Waals surface area contributed by atoms with E-state index >= 15 is 0 Å². The highest BCUT2D eigenvalue weighted by molar-refractivity contribution is 5.77. The van der Waals surface area contributed by atoms with Gasteiger partial charge >= 0.3 is 0 Å². The summed E-state index contributed by atoms with van der Waals surface area (Å²) in [5.41, 5.74) is 2.42. The highest BCUT2D eigenvalue weighted by Gasteiger charge is 2.22. The molecule has 0 saturated carbocycles. The van der Waals surface area contributed by atoms with Crippen LogP contribution in [-0.4, -0.2) is 32.9 Å². The molecule has 5 heteroatoms. The van der Waals surface area contributed by atoms with Gasteiger partial charge in [0.1, 0.15) is 5.52 Å². The van der Waals surface area contributed by atoms with Crippen LogP contribution in [0.25, 0.3) is 11.0 Å². The van der Waals surface area contributed by atoms with Gasteiger partial charge in [0.2, 0.25) is 0 Å². The molecule has 0 aliphatic carbocycles. The summed E-state index contributed by atoms with van der Waals surface area (Å²) in [7, 11) is 0. The summed E-state index contributed by atoms with van der Waals surface area (Å²) in [5.74, 6) is 0.839. The number of hydrogen-bond acceptors (Lipinski definition) is 3. The average Bonchev–Trinajstić information content (AvgIpc) is 3.00. The van der Waals surface area contributed by atoms with Gasteiger partial charge < -0.3 is 9.97 Å². The van der Waals surface area contributed by atoms with Gasteiger partial charge in [-0.25, -0.2) is 4.98 Å². The summed E-state index contributed by atoms with van der Waals surface area (Å²) in [6.07, 6.45) is 7.28. The SMILES string of the molecule is CCC[C@@H]1CCN(Cc2c[nH]c3c(=O)[nH]cnc23)C1. The first-order chi connectivity index (χ1) is 9.28. The Morgan fingerprint density at radius 1 is 1.47 bits per heavy atom. The third-order valence-corrected chi connectivity index (χ3v) is 4.01. The first kappa shape index (κ1) is 12.4. The van der Waals surface area contributed by atoms with Crippen LogP contribution in [0.15, 0.2) is 17.3 Å². The second-order valence-corrected chi connectivity index (χ2v) is 5.45. The van der Waals surface area contributed by atoms with E-state index in [9.17, 15) is 4.79 Å². The van der Waals surface area contributed by atoms with Gasteiger partial charge in [-0.05, 0) is 25.3 Å². The molecule has 0 radical (unpaired) electrons. The first-order valence-corrected chi connectivity index (χ1v) is 7.04. The van der Waals surface area contributed by atoms with Crippen LogP contribution in [0.4, 0.5) is 0 Å². The molecule has 19 heavy (non-hydrogen) atoms. The predicted molar refractivity (Wildman–Crippen MR) is 75.0 cm³/mol. The molecule has 102 valence electrons. The minimum atomic E-state index is -0.0958. The molecular weight excluding hydrogens is 240 g/mol. The number of likely N-dealkylation sites (tertiary alicyclic amines) is 1. The van der Waals surface area contributed by atoms with E-state index in [-0.39, 0.29) is 5.56 Å². The van der Waals surface area contributed by atoms with Crippen LogP contribution in [0.2, 0.25) is 0 Å². The first-order valence-electron chi connectivity index (χ1n) is 7.04. The van der Waals surface area contributed by atoms with Gasteiger partial charge in [-0.15, -0.1) is 0 Å². The smallest absolute Gasteiger partial charge is 0.275 e. The molecule has 0 amide bonds. The van der Waals surface area contributed by atoms with E-state index in [1.54, 1.807) is 0 Å². The highest BCUT2D eigenvalue weighted by atomic mass is 16.1. The van der Waals surface area contributed by atoms with E-state index in [1.807, 2.05) is 6.20 Å². The zero-order valence-corrected chi connectivity index (χ0v) is 11.3. The molecule has 3 heterocycles. The fourth-order valence-corrected chi connectivity index (χ4v) is 3.07. The van der Waals surface area contributed by atoms with Gasteiger partial charge in [0.25, 0.3) is 5.56 Å². The lowest BCUT2D eigenvalue weighted by atomic mass is 10.0. The van der Waals surface area contributed by atoms with Gasteiger partial charge in [-0.2, -0.15) is 0 Å². The van der Waals surface area contributed by atoms with E-state index in [0.717, 1.165) is 30.1 Å². The van der Waals surface area contributed by atoms with Crippen molar-refractivity contribution >= 4 is 11.0 Å². The Morgan fingerprint density at radius 3 is 3.21 bits per heavy atom. The zero-order chi connectivity index (χ0) is 13.2. The van der Waals surface area contributed by atoms with Crippen LogP contribution in [0.3, 0.4) is 0 Å². The lowest BCUT2D eigenvalue weighted by Crippen LogP contribution is -2.20. The molecule has 1 saturated heterocycles. The molecule has 1 fully saturated rings. The van der Waals surface area contributed by atoms with Crippen LogP contribution in [0.1, 0.15) is 31.7 Å². The van der Waals surface area contributed by atoms with Crippen LogP contribution >= 0.6 is 0 Å². The Morgan fingerprint density at radius 2 is 2.37 bits per heavy atom. The number of H-pyrrole nitrogens is 2. The summed E-state index contributed by atoms with van der Waals surface area (Å²) in [5, 5.41) is 0. The molecule has 1 atom stereocenters. The Balaban J connectivity index is 1.76. The number of aromatic nitrogens is 3. The number of nitrogens with zero attached hydrogens (tertiary/aromatic N) is 2. The minimum absolute atomic E-state index is 0.0958. The Bertz CT molecular complexity index is 615. The average molecular weight is 260 g/mol. The predicted octanol–water partition coefficient (Wildman–Crippen LogP) is 1.87. The van der Waals surface area contributed by atoms with Gasteiger partial charge in [0, 0.05) is 24.8 Å². The monoisotopic (exact) mass is 260 g/mol. The highest BCUT2D eigenvalue weighted by Crippen LogP contribution is 2.23. The molecule has 5 nitrogen and oxygen atoms in total. The number of fused-ring (bicyclic) bond motifs is 1. The van der Waals surface area contributed by atoms with E-state index in [4.69, 9.17) is 0 Å². The molecule has 2 aromatic heterocycles. The number of rotatable bonds is 4.